The fourth-order valence-electron chi connectivity index (χ4n) is 6.75. The van der Waals surface area contributed by atoms with Gasteiger partial charge in [0, 0.05) is 32.9 Å². The van der Waals surface area contributed by atoms with Gasteiger partial charge in [-0.15, -0.1) is 0 Å². The Morgan fingerprint density at radius 3 is 1.43 bits per heavy atom. The van der Waals surface area contributed by atoms with Crippen molar-refractivity contribution in [3.05, 3.63) is 158 Å². The van der Waals surface area contributed by atoms with Crippen LogP contribution < -0.4 is 0 Å². The van der Waals surface area contributed by atoms with Crippen molar-refractivity contribution in [1.82, 2.24) is 9.13 Å². The monoisotopic (exact) mass is 534 g/mol. The molecule has 0 fully saturated rings. The predicted molar refractivity (Wildman–Crippen MR) is 178 cm³/mol. The van der Waals surface area contributed by atoms with E-state index in [0.29, 0.717) is 0 Å². The standard InChI is InChI=1S/C40H26N2/c1-2-12-31(13-3-1)41-37-16-8-6-14-33(37)35-25-29(19-22-39(35)41)30-20-23-40-36(26-30)34-15-7-9-17-38(34)42(40)32-21-18-27-10-4-5-11-28(27)24-32/h1-26H. The van der Waals surface area contributed by atoms with Crippen molar-refractivity contribution in [3.63, 3.8) is 0 Å². The number of rotatable bonds is 3. The molecule has 2 aromatic heterocycles. The first kappa shape index (κ1) is 23.1. The summed E-state index contributed by atoms with van der Waals surface area (Å²) in [6, 6.07) is 57.3. The van der Waals surface area contributed by atoms with E-state index in [1.807, 2.05) is 0 Å². The number of hydrogen-bond donors (Lipinski definition) is 0. The molecule has 0 aliphatic heterocycles. The second-order valence-electron chi connectivity index (χ2n) is 11.0. The Labute approximate surface area is 243 Å². The molecule has 0 unspecified atom stereocenters. The largest absolute Gasteiger partial charge is 0.309 e. The number of hydrogen-bond acceptors (Lipinski definition) is 0. The van der Waals surface area contributed by atoms with E-state index in [4.69, 9.17) is 0 Å². The second kappa shape index (κ2) is 8.95. The summed E-state index contributed by atoms with van der Waals surface area (Å²) in [5.41, 5.74) is 9.70. The summed E-state index contributed by atoms with van der Waals surface area (Å²) >= 11 is 0. The Balaban J connectivity index is 1.26. The van der Waals surface area contributed by atoms with Crippen LogP contribution in [0.4, 0.5) is 0 Å². The molecule has 0 amide bonds. The zero-order valence-electron chi connectivity index (χ0n) is 22.9. The number of aromatic nitrogens is 2. The fraction of sp³-hybridized carbons (Fsp3) is 0. The lowest BCUT2D eigenvalue weighted by Crippen LogP contribution is -1.93. The van der Waals surface area contributed by atoms with Gasteiger partial charge in [0.1, 0.15) is 0 Å². The van der Waals surface area contributed by atoms with Crippen LogP contribution in [0.5, 0.6) is 0 Å². The van der Waals surface area contributed by atoms with Crippen LogP contribution in [0.1, 0.15) is 0 Å². The lowest BCUT2D eigenvalue weighted by Gasteiger charge is -2.10. The average molecular weight is 535 g/mol. The molecule has 42 heavy (non-hydrogen) atoms. The van der Waals surface area contributed by atoms with Crippen LogP contribution in [0.2, 0.25) is 0 Å². The van der Waals surface area contributed by atoms with Crippen molar-refractivity contribution >= 4 is 54.4 Å². The highest BCUT2D eigenvalue weighted by molar-refractivity contribution is 6.12. The molecule has 2 heteroatoms. The van der Waals surface area contributed by atoms with Crippen LogP contribution >= 0.6 is 0 Å². The topological polar surface area (TPSA) is 9.86 Å². The lowest BCUT2D eigenvalue weighted by molar-refractivity contribution is 1.18. The first-order chi connectivity index (χ1) is 20.8. The molecule has 0 spiro atoms. The average Bonchev–Trinajstić information content (AvgIpc) is 3.57. The summed E-state index contributed by atoms with van der Waals surface area (Å²) in [5, 5.41) is 7.58. The fourth-order valence-corrected chi connectivity index (χ4v) is 6.75. The molecule has 0 aliphatic rings. The Bertz CT molecular complexity index is 2460. The van der Waals surface area contributed by atoms with E-state index in [0.717, 1.165) is 0 Å². The van der Waals surface area contributed by atoms with Crippen LogP contribution in [-0.2, 0) is 0 Å². The number of nitrogens with zero attached hydrogens (tertiary/aromatic N) is 2. The molecule has 9 aromatic rings. The molecule has 196 valence electrons. The van der Waals surface area contributed by atoms with Crippen molar-refractivity contribution in [1.29, 1.82) is 0 Å². The van der Waals surface area contributed by atoms with Crippen LogP contribution in [0.25, 0.3) is 76.9 Å². The highest BCUT2D eigenvalue weighted by Crippen LogP contribution is 2.38. The maximum absolute atomic E-state index is 2.40. The van der Waals surface area contributed by atoms with Gasteiger partial charge in [0.2, 0.25) is 0 Å². The molecule has 0 saturated heterocycles. The zero-order chi connectivity index (χ0) is 27.6. The lowest BCUT2D eigenvalue weighted by atomic mass is 10.0. The van der Waals surface area contributed by atoms with E-state index >= 15 is 0 Å². The molecule has 0 atom stereocenters. The summed E-state index contributed by atoms with van der Waals surface area (Å²) in [6.45, 7) is 0. The van der Waals surface area contributed by atoms with E-state index in [9.17, 15) is 0 Å². The van der Waals surface area contributed by atoms with Crippen LogP contribution in [-0.4, -0.2) is 9.13 Å². The van der Waals surface area contributed by atoms with Gasteiger partial charge in [0.25, 0.3) is 0 Å². The van der Waals surface area contributed by atoms with E-state index in [2.05, 4.69) is 167 Å². The normalized spacial score (nSPS) is 11.8. The maximum Gasteiger partial charge on any atom is 0.0541 e. The first-order valence-electron chi connectivity index (χ1n) is 14.4. The third-order valence-electron chi connectivity index (χ3n) is 8.68. The van der Waals surface area contributed by atoms with Gasteiger partial charge in [-0.1, -0.05) is 97.1 Å². The molecule has 2 nitrogen and oxygen atoms in total. The van der Waals surface area contributed by atoms with E-state index in [-0.39, 0.29) is 0 Å². The smallest absolute Gasteiger partial charge is 0.0541 e. The Hall–Kier alpha value is -5.60. The molecule has 9 rings (SSSR count). The molecule has 0 aliphatic carbocycles. The van der Waals surface area contributed by atoms with Gasteiger partial charge in [-0.2, -0.15) is 0 Å². The highest BCUT2D eigenvalue weighted by atomic mass is 15.0. The van der Waals surface area contributed by atoms with Gasteiger partial charge in [0.15, 0.2) is 0 Å². The van der Waals surface area contributed by atoms with Crippen molar-refractivity contribution in [2.75, 3.05) is 0 Å². The molecule has 2 heterocycles. The third kappa shape index (κ3) is 3.39. The molecular weight excluding hydrogens is 508 g/mol. The molecule has 7 aromatic carbocycles. The molecule has 0 bridgehead atoms. The van der Waals surface area contributed by atoms with Crippen molar-refractivity contribution in [2.24, 2.45) is 0 Å². The number of para-hydroxylation sites is 3. The van der Waals surface area contributed by atoms with Crippen LogP contribution in [0.3, 0.4) is 0 Å². The quantitative estimate of drug-likeness (QED) is 0.213. The molecular formula is C40H26N2. The predicted octanol–water partition coefficient (Wildman–Crippen LogP) is 10.7. The summed E-state index contributed by atoms with van der Waals surface area (Å²) in [7, 11) is 0. The molecule has 0 saturated carbocycles. The Kier molecular flexibility index (Phi) is 4.93. The van der Waals surface area contributed by atoms with Gasteiger partial charge < -0.3 is 9.13 Å². The number of fused-ring (bicyclic) bond motifs is 7. The van der Waals surface area contributed by atoms with Crippen molar-refractivity contribution in [2.45, 2.75) is 0 Å². The van der Waals surface area contributed by atoms with Gasteiger partial charge in [0.05, 0.1) is 22.1 Å². The van der Waals surface area contributed by atoms with E-state index in [1.54, 1.807) is 0 Å². The van der Waals surface area contributed by atoms with Crippen LogP contribution in [0, 0.1) is 0 Å². The van der Waals surface area contributed by atoms with Gasteiger partial charge in [-0.05, 0) is 82.6 Å². The second-order valence-corrected chi connectivity index (χ2v) is 11.0. The summed E-state index contributed by atoms with van der Waals surface area (Å²) in [5.74, 6) is 0. The minimum atomic E-state index is 1.18. The van der Waals surface area contributed by atoms with E-state index in [1.165, 1.54) is 76.9 Å². The Morgan fingerprint density at radius 1 is 0.286 bits per heavy atom. The summed E-state index contributed by atoms with van der Waals surface area (Å²) in [6.07, 6.45) is 0. The zero-order valence-corrected chi connectivity index (χ0v) is 22.9. The Morgan fingerprint density at radius 2 is 0.786 bits per heavy atom. The van der Waals surface area contributed by atoms with Gasteiger partial charge >= 0.3 is 0 Å². The summed E-state index contributed by atoms with van der Waals surface area (Å²) < 4.78 is 4.77. The first-order valence-corrected chi connectivity index (χ1v) is 14.4. The number of benzene rings is 7. The highest BCUT2D eigenvalue weighted by Gasteiger charge is 2.16. The van der Waals surface area contributed by atoms with Gasteiger partial charge in [-0.3, -0.25) is 0 Å². The summed E-state index contributed by atoms with van der Waals surface area (Å²) in [4.78, 5) is 0. The molecule has 0 N–H and O–H groups in total. The van der Waals surface area contributed by atoms with Gasteiger partial charge in [-0.25, -0.2) is 0 Å². The van der Waals surface area contributed by atoms with E-state index < -0.39 is 0 Å². The molecule has 0 radical (unpaired) electrons. The van der Waals surface area contributed by atoms with Crippen LogP contribution in [0.15, 0.2) is 158 Å². The minimum Gasteiger partial charge on any atom is -0.309 e. The third-order valence-corrected chi connectivity index (χ3v) is 8.68. The van der Waals surface area contributed by atoms with Crippen molar-refractivity contribution < 1.29 is 0 Å². The SMILES string of the molecule is c1ccc(-n2c3ccccc3c3cc(-c4ccc5c(c4)c4ccccc4n5-c4ccc5ccccc5c4)ccc32)cc1. The van der Waals surface area contributed by atoms with Crippen molar-refractivity contribution in [3.8, 4) is 22.5 Å². The maximum atomic E-state index is 2.40. The minimum absolute atomic E-state index is 1.18.